The lowest BCUT2D eigenvalue weighted by Crippen LogP contribution is -2.35. The van der Waals surface area contributed by atoms with Crippen molar-refractivity contribution in [1.82, 2.24) is 0 Å². The molecule has 2 N–H and O–H groups in total. The van der Waals surface area contributed by atoms with E-state index < -0.39 is 17.5 Å². The van der Waals surface area contributed by atoms with Gasteiger partial charge in [-0.3, -0.25) is 0 Å². The lowest BCUT2D eigenvalue weighted by molar-refractivity contribution is -0.0835. The van der Waals surface area contributed by atoms with Crippen LogP contribution in [0.25, 0.3) is 0 Å². The standard InChI is InChI=1S/C13H19FO3/c1-4-13(16,5-2)12(15)9-7-6-8-10(17-3)11(9)14/h6-8,12,15-16H,4-5H2,1-3H3. The average molecular weight is 242 g/mol. The highest BCUT2D eigenvalue weighted by atomic mass is 19.1. The molecule has 0 fully saturated rings. The van der Waals surface area contributed by atoms with Gasteiger partial charge in [-0.05, 0) is 18.9 Å². The van der Waals surface area contributed by atoms with E-state index in [1.807, 2.05) is 0 Å². The summed E-state index contributed by atoms with van der Waals surface area (Å²) >= 11 is 0. The van der Waals surface area contributed by atoms with Crippen molar-refractivity contribution in [3.63, 3.8) is 0 Å². The molecule has 0 spiro atoms. The van der Waals surface area contributed by atoms with E-state index in [0.29, 0.717) is 12.8 Å². The highest BCUT2D eigenvalue weighted by Gasteiger charge is 2.35. The molecule has 1 aromatic carbocycles. The van der Waals surface area contributed by atoms with Gasteiger partial charge in [0.05, 0.1) is 12.7 Å². The summed E-state index contributed by atoms with van der Waals surface area (Å²) in [5.74, 6) is -0.557. The number of rotatable bonds is 5. The maximum Gasteiger partial charge on any atom is 0.170 e. The SMILES string of the molecule is CCC(O)(CC)C(O)c1cccc(OC)c1F. The molecule has 3 nitrogen and oxygen atoms in total. The molecule has 96 valence electrons. The summed E-state index contributed by atoms with van der Waals surface area (Å²) in [6.45, 7) is 3.51. The highest BCUT2D eigenvalue weighted by Crippen LogP contribution is 2.35. The van der Waals surface area contributed by atoms with Crippen molar-refractivity contribution >= 4 is 0 Å². The van der Waals surface area contributed by atoms with Gasteiger partial charge in [0.15, 0.2) is 11.6 Å². The van der Waals surface area contributed by atoms with Crippen molar-refractivity contribution < 1.29 is 19.3 Å². The minimum Gasteiger partial charge on any atom is -0.494 e. The summed E-state index contributed by atoms with van der Waals surface area (Å²) in [5, 5.41) is 20.3. The minimum atomic E-state index is -1.31. The van der Waals surface area contributed by atoms with Crippen molar-refractivity contribution in [2.75, 3.05) is 7.11 Å². The summed E-state index contributed by atoms with van der Waals surface area (Å²) in [5.41, 5.74) is -1.25. The van der Waals surface area contributed by atoms with Crippen LogP contribution in [-0.2, 0) is 0 Å². The molecule has 0 bridgehead atoms. The third kappa shape index (κ3) is 2.58. The van der Waals surface area contributed by atoms with Gasteiger partial charge in [-0.25, -0.2) is 4.39 Å². The number of ether oxygens (including phenoxy) is 1. The zero-order chi connectivity index (χ0) is 13.1. The molecule has 1 unspecified atom stereocenters. The van der Waals surface area contributed by atoms with Gasteiger partial charge in [0.1, 0.15) is 6.10 Å². The summed E-state index contributed by atoms with van der Waals surface area (Å²) in [7, 11) is 1.36. The lowest BCUT2D eigenvalue weighted by atomic mass is 9.86. The number of hydrogen-bond acceptors (Lipinski definition) is 3. The van der Waals surface area contributed by atoms with Gasteiger partial charge >= 0.3 is 0 Å². The Morgan fingerprint density at radius 2 is 1.94 bits per heavy atom. The average Bonchev–Trinajstić information content (AvgIpc) is 2.37. The fourth-order valence-corrected chi connectivity index (χ4v) is 1.82. The lowest BCUT2D eigenvalue weighted by Gasteiger charge is -2.31. The molecule has 0 heterocycles. The van der Waals surface area contributed by atoms with E-state index in [0.717, 1.165) is 0 Å². The Balaban J connectivity index is 3.16. The molecule has 1 atom stereocenters. The van der Waals surface area contributed by atoms with Crippen molar-refractivity contribution in [3.8, 4) is 5.75 Å². The number of methoxy groups -OCH3 is 1. The minimum absolute atomic E-state index is 0.0653. The summed E-state index contributed by atoms with van der Waals surface area (Å²) in [4.78, 5) is 0. The van der Waals surface area contributed by atoms with Crippen LogP contribution in [0, 0.1) is 5.82 Å². The van der Waals surface area contributed by atoms with Crippen LogP contribution >= 0.6 is 0 Å². The molecule has 0 aliphatic heterocycles. The normalized spacial score (nSPS) is 13.5. The first-order valence-electron chi connectivity index (χ1n) is 5.73. The van der Waals surface area contributed by atoms with Crippen LogP contribution in [0.1, 0.15) is 38.4 Å². The van der Waals surface area contributed by atoms with Gasteiger partial charge in [-0.1, -0.05) is 26.0 Å². The van der Waals surface area contributed by atoms with Crippen LogP contribution in [0.2, 0.25) is 0 Å². The third-order valence-corrected chi connectivity index (χ3v) is 3.24. The quantitative estimate of drug-likeness (QED) is 0.833. The smallest absolute Gasteiger partial charge is 0.170 e. The molecule has 0 aliphatic rings. The van der Waals surface area contributed by atoms with Gasteiger partial charge < -0.3 is 14.9 Å². The summed E-state index contributed by atoms with van der Waals surface area (Å²) < 4.78 is 18.8. The van der Waals surface area contributed by atoms with Gasteiger partial charge in [0.2, 0.25) is 0 Å². The molecule has 1 rings (SSSR count). The molecule has 0 radical (unpaired) electrons. The van der Waals surface area contributed by atoms with Crippen molar-refractivity contribution in [2.24, 2.45) is 0 Å². The maximum atomic E-state index is 13.9. The second-order valence-corrected chi connectivity index (χ2v) is 4.08. The van der Waals surface area contributed by atoms with E-state index in [9.17, 15) is 14.6 Å². The number of hydrogen-bond donors (Lipinski definition) is 2. The van der Waals surface area contributed by atoms with Gasteiger partial charge in [0.25, 0.3) is 0 Å². The molecule has 0 saturated carbocycles. The monoisotopic (exact) mass is 242 g/mol. The molecule has 0 amide bonds. The molecule has 4 heteroatoms. The van der Waals surface area contributed by atoms with Crippen LogP contribution in [0.4, 0.5) is 4.39 Å². The van der Waals surface area contributed by atoms with E-state index >= 15 is 0 Å². The first kappa shape index (κ1) is 13.9. The second-order valence-electron chi connectivity index (χ2n) is 4.08. The Kier molecular flexibility index (Phi) is 4.48. The maximum absolute atomic E-state index is 13.9. The molecule has 0 aromatic heterocycles. The first-order chi connectivity index (χ1) is 8.00. The van der Waals surface area contributed by atoms with Gasteiger partial charge in [-0.15, -0.1) is 0 Å². The van der Waals surface area contributed by atoms with E-state index in [-0.39, 0.29) is 11.3 Å². The zero-order valence-corrected chi connectivity index (χ0v) is 10.4. The fraction of sp³-hybridized carbons (Fsp3) is 0.538. The highest BCUT2D eigenvalue weighted by molar-refractivity contribution is 5.33. The van der Waals surface area contributed by atoms with E-state index in [1.54, 1.807) is 19.9 Å². The topological polar surface area (TPSA) is 49.7 Å². The largest absolute Gasteiger partial charge is 0.494 e. The number of halogens is 1. The Labute approximate surface area is 101 Å². The number of benzene rings is 1. The van der Waals surface area contributed by atoms with Crippen LogP contribution in [0.3, 0.4) is 0 Å². The van der Waals surface area contributed by atoms with Crippen LogP contribution in [0.15, 0.2) is 18.2 Å². The van der Waals surface area contributed by atoms with E-state index in [2.05, 4.69) is 0 Å². The predicted molar refractivity (Wildman–Crippen MR) is 63.4 cm³/mol. The van der Waals surface area contributed by atoms with Gasteiger partial charge in [0, 0.05) is 5.56 Å². The van der Waals surface area contributed by atoms with Crippen LogP contribution in [0.5, 0.6) is 5.75 Å². The Hall–Kier alpha value is -1.13. The number of aliphatic hydroxyl groups excluding tert-OH is 1. The number of aliphatic hydroxyl groups is 2. The Morgan fingerprint density at radius 3 is 2.41 bits per heavy atom. The Bertz CT molecular complexity index is 375. The molecular formula is C13H19FO3. The molecule has 0 saturated heterocycles. The van der Waals surface area contributed by atoms with Gasteiger partial charge in [-0.2, -0.15) is 0 Å². The van der Waals surface area contributed by atoms with Crippen molar-refractivity contribution in [3.05, 3.63) is 29.6 Å². The third-order valence-electron chi connectivity index (χ3n) is 3.24. The second kappa shape index (κ2) is 5.47. The molecule has 0 aliphatic carbocycles. The summed E-state index contributed by atoms with van der Waals surface area (Å²) in [6, 6.07) is 4.52. The first-order valence-corrected chi connectivity index (χ1v) is 5.73. The van der Waals surface area contributed by atoms with Crippen molar-refractivity contribution in [2.45, 2.75) is 38.4 Å². The fourth-order valence-electron chi connectivity index (χ4n) is 1.82. The summed E-state index contributed by atoms with van der Waals surface area (Å²) in [6.07, 6.45) is -0.560. The zero-order valence-electron chi connectivity index (χ0n) is 10.4. The molecule has 1 aromatic rings. The van der Waals surface area contributed by atoms with E-state index in [1.165, 1.54) is 19.2 Å². The van der Waals surface area contributed by atoms with Crippen LogP contribution < -0.4 is 4.74 Å². The molecular weight excluding hydrogens is 223 g/mol. The van der Waals surface area contributed by atoms with Crippen LogP contribution in [-0.4, -0.2) is 22.9 Å². The molecule has 17 heavy (non-hydrogen) atoms. The predicted octanol–water partition coefficient (Wildman–Crippen LogP) is 2.42. The van der Waals surface area contributed by atoms with Crippen molar-refractivity contribution in [1.29, 1.82) is 0 Å². The van der Waals surface area contributed by atoms with E-state index in [4.69, 9.17) is 4.74 Å². The Morgan fingerprint density at radius 1 is 1.35 bits per heavy atom.